The number of ether oxygens (including phenoxy) is 1. The minimum absolute atomic E-state index is 0.0710. The predicted octanol–water partition coefficient (Wildman–Crippen LogP) is 2.12. The number of Topliss-reactive ketones (excluding diaryl/α,β-unsaturated/α-hetero) is 1. The second-order valence-electron chi connectivity index (χ2n) is 3.51. The van der Waals surface area contributed by atoms with Crippen LogP contribution in [-0.4, -0.2) is 23.9 Å². The number of methoxy groups -OCH3 is 1. The Balaban J connectivity index is 3.30. The third kappa shape index (κ3) is 2.68. The first-order valence-electron chi connectivity index (χ1n) is 5.41. The Labute approximate surface area is 105 Å². The van der Waals surface area contributed by atoms with Crippen LogP contribution in [0.5, 0.6) is 11.5 Å². The van der Waals surface area contributed by atoms with E-state index in [1.807, 2.05) is 0 Å². The zero-order chi connectivity index (χ0) is 13.7. The summed E-state index contributed by atoms with van der Waals surface area (Å²) in [5.74, 6) is -0.735. The Morgan fingerprint density at radius 2 is 2.17 bits per heavy atom. The lowest BCUT2D eigenvalue weighted by molar-refractivity contribution is -0.111. The molecule has 0 spiro atoms. The van der Waals surface area contributed by atoms with Crippen LogP contribution >= 0.6 is 0 Å². The molecule has 0 heterocycles. The molecule has 1 aromatic carbocycles. The lowest BCUT2D eigenvalue weighted by Gasteiger charge is -2.13. The van der Waals surface area contributed by atoms with Crippen LogP contribution in [0.15, 0.2) is 24.8 Å². The van der Waals surface area contributed by atoms with Gasteiger partial charge in [0.1, 0.15) is 11.4 Å². The van der Waals surface area contributed by atoms with Gasteiger partial charge < -0.3 is 15.2 Å². The molecule has 96 valence electrons. The fourth-order valence-corrected chi connectivity index (χ4v) is 1.45. The van der Waals surface area contributed by atoms with Gasteiger partial charge in [0.2, 0.25) is 5.91 Å². The van der Waals surface area contributed by atoms with E-state index in [2.05, 4.69) is 11.9 Å². The number of carbonyl (C=O) groups excluding carboxylic acids is 2. The molecular formula is C13H15NO4. The van der Waals surface area contributed by atoms with Gasteiger partial charge in [0.05, 0.1) is 12.7 Å². The standard InChI is InChI=1S/C13H15NO4/c1-4-9(15)8-6-7-10(18-3)12(13(8)17)14-11(16)5-2/h5-7,17H,2,4H2,1,3H3,(H,14,16). The van der Waals surface area contributed by atoms with Crippen LogP contribution in [0.2, 0.25) is 0 Å². The van der Waals surface area contributed by atoms with Gasteiger partial charge in [0, 0.05) is 6.42 Å². The van der Waals surface area contributed by atoms with Crippen molar-refractivity contribution in [2.24, 2.45) is 0 Å². The molecule has 0 unspecified atom stereocenters. The smallest absolute Gasteiger partial charge is 0.247 e. The van der Waals surface area contributed by atoms with Crippen LogP contribution in [-0.2, 0) is 4.79 Å². The van der Waals surface area contributed by atoms with Crippen molar-refractivity contribution in [2.45, 2.75) is 13.3 Å². The summed E-state index contributed by atoms with van der Waals surface area (Å²) in [6, 6.07) is 2.98. The van der Waals surface area contributed by atoms with Crippen molar-refractivity contribution in [3.63, 3.8) is 0 Å². The van der Waals surface area contributed by atoms with Crippen molar-refractivity contribution in [3.05, 3.63) is 30.4 Å². The van der Waals surface area contributed by atoms with Crippen molar-refractivity contribution < 1.29 is 19.4 Å². The second-order valence-corrected chi connectivity index (χ2v) is 3.51. The van der Waals surface area contributed by atoms with E-state index in [0.717, 1.165) is 6.08 Å². The molecule has 0 fully saturated rings. The summed E-state index contributed by atoms with van der Waals surface area (Å²) in [6.07, 6.45) is 1.32. The van der Waals surface area contributed by atoms with Gasteiger partial charge in [0.15, 0.2) is 11.5 Å². The Kier molecular flexibility index (Phi) is 4.48. The Morgan fingerprint density at radius 1 is 1.50 bits per heavy atom. The third-order valence-corrected chi connectivity index (χ3v) is 2.41. The molecule has 5 heteroatoms. The summed E-state index contributed by atoms with van der Waals surface area (Å²) in [6.45, 7) is 5.00. The predicted molar refractivity (Wildman–Crippen MR) is 68.1 cm³/mol. The summed E-state index contributed by atoms with van der Waals surface area (Å²) in [7, 11) is 1.40. The average molecular weight is 249 g/mol. The normalized spacial score (nSPS) is 9.67. The number of aromatic hydroxyl groups is 1. The maximum Gasteiger partial charge on any atom is 0.247 e. The molecular weight excluding hydrogens is 234 g/mol. The zero-order valence-corrected chi connectivity index (χ0v) is 10.3. The van der Waals surface area contributed by atoms with E-state index in [1.54, 1.807) is 6.92 Å². The highest BCUT2D eigenvalue weighted by atomic mass is 16.5. The molecule has 0 aliphatic carbocycles. The minimum Gasteiger partial charge on any atom is -0.505 e. The Hall–Kier alpha value is -2.30. The second kappa shape index (κ2) is 5.86. The van der Waals surface area contributed by atoms with Gasteiger partial charge in [-0.1, -0.05) is 13.5 Å². The third-order valence-electron chi connectivity index (χ3n) is 2.41. The number of phenols is 1. The first kappa shape index (κ1) is 13.8. The first-order chi connectivity index (χ1) is 8.54. The summed E-state index contributed by atoms with van der Waals surface area (Å²) >= 11 is 0. The highest BCUT2D eigenvalue weighted by molar-refractivity contribution is 6.05. The Morgan fingerprint density at radius 3 is 2.67 bits per heavy atom. The molecule has 0 aliphatic heterocycles. The van der Waals surface area contributed by atoms with Gasteiger partial charge in [-0.25, -0.2) is 0 Å². The van der Waals surface area contributed by atoms with E-state index in [-0.39, 0.29) is 35.0 Å². The minimum atomic E-state index is -0.496. The number of hydrogen-bond acceptors (Lipinski definition) is 4. The molecule has 1 aromatic rings. The first-order valence-corrected chi connectivity index (χ1v) is 5.41. The zero-order valence-electron chi connectivity index (χ0n) is 10.3. The van der Waals surface area contributed by atoms with Gasteiger partial charge >= 0.3 is 0 Å². The molecule has 0 aliphatic rings. The molecule has 18 heavy (non-hydrogen) atoms. The van der Waals surface area contributed by atoms with Crippen molar-refractivity contribution >= 4 is 17.4 Å². The number of phenolic OH excluding ortho intramolecular Hbond substituents is 1. The monoisotopic (exact) mass is 249 g/mol. The lowest BCUT2D eigenvalue weighted by atomic mass is 10.1. The molecule has 1 amide bonds. The highest BCUT2D eigenvalue weighted by Gasteiger charge is 2.18. The summed E-state index contributed by atoms with van der Waals surface area (Å²) in [4.78, 5) is 22.9. The van der Waals surface area contributed by atoms with Gasteiger partial charge in [-0.05, 0) is 18.2 Å². The van der Waals surface area contributed by atoms with E-state index in [9.17, 15) is 14.7 Å². The van der Waals surface area contributed by atoms with Crippen LogP contribution in [0.25, 0.3) is 0 Å². The topological polar surface area (TPSA) is 75.6 Å². The van der Waals surface area contributed by atoms with E-state index in [1.165, 1.54) is 19.2 Å². The molecule has 1 rings (SSSR count). The fourth-order valence-electron chi connectivity index (χ4n) is 1.45. The highest BCUT2D eigenvalue weighted by Crippen LogP contribution is 2.37. The number of anilines is 1. The van der Waals surface area contributed by atoms with Crippen molar-refractivity contribution in [2.75, 3.05) is 12.4 Å². The molecule has 0 bridgehead atoms. The number of hydrogen-bond donors (Lipinski definition) is 2. The van der Waals surface area contributed by atoms with E-state index >= 15 is 0 Å². The molecule has 0 saturated heterocycles. The van der Waals surface area contributed by atoms with Crippen LogP contribution < -0.4 is 10.1 Å². The fraction of sp³-hybridized carbons (Fsp3) is 0.231. The summed E-state index contributed by atoms with van der Waals surface area (Å²) < 4.78 is 5.02. The van der Waals surface area contributed by atoms with E-state index in [4.69, 9.17) is 4.74 Å². The van der Waals surface area contributed by atoms with Crippen LogP contribution in [0, 0.1) is 0 Å². The molecule has 0 aromatic heterocycles. The van der Waals surface area contributed by atoms with Crippen LogP contribution in [0.1, 0.15) is 23.7 Å². The van der Waals surface area contributed by atoms with Crippen molar-refractivity contribution in [1.29, 1.82) is 0 Å². The van der Waals surface area contributed by atoms with E-state index < -0.39 is 5.91 Å². The largest absolute Gasteiger partial charge is 0.505 e. The van der Waals surface area contributed by atoms with Gasteiger partial charge in [-0.2, -0.15) is 0 Å². The summed E-state index contributed by atoms with van der Waals surface area (Å²) in [5, 5.41) is 12.4. The maximum absolute atomic E-state index is 11.6. The van der Waals surface area contributed by atoms with Gasteiger partial charge in [-0.15, -0.1) is 0 Å². The number of ketones is 1. The molecule has 2 N–H and O–H groups in total. The number of rotatable bonds is 5. The number of amides is 1. The summed E-state index contributed by atoms with van der Waals surface area (Å²) in [5.41, 5.74) is 0.222. The van der Waals surface area contributed by atoms with Crippen molar-refractivity contribution in [3.8, 4) is 11.5 Å². The average Bonchev–Trinajstić information content (AvgIpc) is 2.39. The lowest BCUT2D eigenvalue weighted by Crippen LogP contribution is -2.10. The quantitative estimate of drug-likeness (QED) is 0.476. The molecule has 0 atom stereocenters. The molecule has 5 nitrogen and oxygen atoms in total. The van der Waals surface area contributed by atoms with E-state index in [0.29, 0.717) is 0 Å². The number of nitrogens with one attached hydrogen (secondary N) is 1. The van der Waals surface area contributed by atoms with Gasteiger partial charge in [0.25, 0.3) is 0 Å². The van der Waals surface area contributed by atoms with Gasteiger partial charge in [-0.3, -0.25) is 9.59 Å². The SMILES string of the molecule is C=CC(=O)Nc1c(OC)ccc(C(=O)CC)c1O. The van der Waals surface area contributed by atoms with Crippen LogP contribution in [0.4, 0.5) is 5.69 Å². The number of carbonyl (C=O) groups is 2. The number of benzene rings is 1. The molecule has 0 saturated carbocycles. The Bertz CT molecular complexity index is 494. The van der Waals surface area contributed by atoms with Crippen LogP contribution in [0.3, 0.4) is 0 Å². The molecule has 0 radical (unpaired) electrons. The maximum atomic E-state index is 11.6. The van der Waals surface area contributed by atoms with Crippen molar-refractivity contribution in [1.82, 2.24) is 0 Å².